The zero-order valence-corrected chi connectivity index (χ0v) is 13.0. The van der Waals surface area contributed by atoms with Gasteiger partial charge in [-0.25, -0.2) is 0 Å². The maximum absolute atomic E-state index is 11.2. The van der Waals surface area contributed by atoms with Crippen molar-refractivity contribution < 1.29 is 14.6 Å². The minimum atomic E-state index is -0.709. The Morgan fingerprint density at radius 3 is 2.43 bits per heavy atom. The van der Waals surface area contributed by atoms with Crippen molar-refractivity contribution in [3.8, 4) is 5.75 Å². The van der Waals surface area contributed by atoms with Gasteiger partial charge in [0, 0.05) is 5.54 Å². The van der Waals surface area contributed by atoms with E-state index in [9.17, 15) is 9.90 Å². The average Bonchev–Trinajstić information content (AvgIpc) is 3.00. The lowest BCUT2D eigenvalue weighted by atomic mass is 9.88. The third-order valence-electron chi connectivity index (χ3n) is 4.51. The van der Waals surface area contributed by atoms with E-state index in [-0.39, 0.29) is 12.0 Å². The number of rotatable bonds is 7. The van der Waals surface area contributed by atoms with Crippen LogP contribution < -0.4 is 4.74 Å². The highest BCUT2D eigenvalue weighted by Crippen LogP contribution is 2.29. The summed E-state index contributed by atoms with van der Waals surface area (Å²) in [7, 11) is 1.66. The molecule has 0 bridgehead atoms. The summed E-state index contributed by atoms with van der Waals surface area (Å²) in [5.74, 6) is 0.144. The summed E-state index contributed by atoms with van der Waals surface area (Å²) >= 11 is 0. The number of carboxylic acid groups (broad SMARTS) is 1. The second-order valence-corrected chi connectivity index (χ2v) is 6.11. The van der Waals surface area contributed by atoms with Gasteiger partial charge in [0.1, 0.15) is 5.75 Å². The van der Waals surface area contributed by atoms with Crippen LogP contribution in [0.3, 0.4) is 0 Å². The molecule has 1 unspecified atom stereocenters. The van der Waals surface area contributed by atoms with Crippen LogP contribution in [0, 0.1) is 0 Å². The lowest BCUT2D eigenvalue weighted by Crippen LogP contribution is -2.46. The highest BCUT2D eigenvalue weighted by Gasteiger charge is 2.35. The molecule has 0 aromatic heterocycles. The first-order chi connectivity index (χ1) is 10.0. The second kappa shape index (κ2) is 6.94. The minimum Gasteiger partial charge on any atom is -0.497 e. The first-order valence-electron chi connectivity index (χ1n) is 7.63. The highest BCUT2D eigenvalue weighted by atomic mass is 16.5. The molecule has 1 aromatic carbocycles. The lowest BCUT2D eigenvalue weighted by Gasteiger charge is -2.38. The van der Waals surface area contributed by atoms with Crippen molar-refractivity contribution in [1.82, 2.24) is 4.90 Å². The van der Waals surface area contributed by atoms with Gasteiger partial charge >= 0.3 is 5.97 Å². The Balaban J connectivity index is 2.01. The summed E-state index contributed by atoms with van der Waals surface area (Å²) in [6.45, 7) is 4.13. The van der Waals surface area contributed by atoms with Gasteiger partial charge in [0.25, 0.3) is 0 Å². The number of carbonyl (C=O) groups is 1. The maximum Gasteiger partial charge on any atom is 0.305 e. The van der Waals surface area contributed by atoms with Crippen molar-refractivity contribution in [2.75, 3.05) is 20.2 Å². The van der Waals surface area contributed by atoms with Gasteiger partial charge in [-0.15, -0.1) is 0 Å². The summed E-state index contributed by atoms with van der Waals surface area (Å²) < 4.78 is 5.16. The number of hydrogen-bond acceptors (Lipinski definition) is 3. The Hall–Kier alpha value is -1.55. The molecule has 1 aliphatic heterocycles. The highest BCUT2D eigenvalue weighted by molar-refractivity contribution is 5.68. The second-order valence-electron chi connectivity index (χ2n) is 6.11. The van der Waals surface area contributed by atoms with Crippen molar-refractivity contribution >= 4 is 5.97 Å². The van der Waals surface area contributed by atoms with Crippen LogP contribution in [0.25, 0.3) is 0 Å². The molecule has 1 fully saturated rings. The number of nitrogens with zero attached hydrogens (tertiary/aromatic N) is 1. The van der Waals surface area contributed by atoms with Crippen molar-refractivity contribution in [2.45, 2.75) is 44.6 Å². The Labute approximate surface area is 126 Å². The van der Waals surface area contributed by atoms with Crippen molar-refractivity contribution in [2.24, 2.45) is 0 Å². The number of carboxylic acids is 1. The van der Waals surface area contributed by atoms with Crippen LogP contribution in [0.2, 0.25) is 0 Å². The maximum atomic E-state index is 11.2. The molecular weight excluding hydrogens is 266 g/mol. The Bertz CT molecular complexity index is 465. The van der Waals surface area contributed by atoms with Crippen LogP contribution >= 0.6 is 0 Å². The van der Waals surface area contributed by atoms with Gasteiger partial charge in [0.2, 0.25) is 0 Å². The number of likely N-dealkylation sites (tertiary alicyclic amines) is 1. The predicted octanol–water partition coefficient (Wildman–Crippen LogP) is 2.96. The molecule has 0 amide bonds. The van der Waals surface area contributed by atoms with Crippen LogP contribution in [0.4, 0.5) is 0 Å². The van der Waals surface area contributed by atoms with E-state index in [1.807, 2.05) is 12.1 Å². The van der Waals surface area contributed by atoms with E-state index in [1.165, 1.54) is 18.4 Å². The van der Waals surface area contributed by atoms with Gasteiger partial charge in [-0.2, -0.15) is 0 Å². The molecule has 1 N–H and O–H groups in total. The smallest absolute Gasteiger partial charge is 0.305 e. The summed E-state index contributed by atoms with van der Waals surface area (Å²) in [4.78, 5) is 13.6. The molecule has 0 aliphatic carbocycles. The fraction of sp³-hybridized carbons (Fsp3) is 0.588. The predicted molar refractivity (Wildman–Crippen MR) is 82.8 cm³/mol. The third-order valence-corrected chi connectivity index (χ3v) is 4.51. The Kier molecular flexibility index (Phi) is 5.23. The fourth-order valence-electron chi connectivity index (χ4n) is 3.15. The van der Waals surface area contributed by atoms with Crippen molar-refractivity contribution in [3.05, 3.63) is 29.8 Å². The van der Waals surface area contributed by atoms with Crippen LogP contribution in [0.15, 0.2) is 24.3 Å². The van der Waals surface area contributed by atoms with Gasteiger partial charge in [0.15, 0.2) is 0 Å². The zero-order chi connectivity index (χ0) is 15.3. The average molecular weight is 291 g/mol. The number of benzene rings is 1. The summed E-state index contributed by atoms with van der Waals surface area (Å²) in [5.41, 5.74) is 0.981. The molecule has 1 aliphatic rings. The molecule has 1 atom stereocenters. The van der Waals surface area contributed by atoms with Crippen LogP contribution in [-0.2, 0) is 11.2 Å². The van der Waals surface area contributed by atoms with Gasteiger partial charge in [-0.3, -0.25) is 9.69 Å². The van der Waals surface area contributed by atoms with Crippen LogP contribution in [0.5, 0.6) is 5.75 Å². The molecule has 0 radical (unpaired) electrons. The van der Waals surface area contributed by atoms with E-state index < -0.39 is 5.97 Å². The molecule has 1 saturated heterocycles. The molecule has 1 aromatic rings. The van der Waals surface area contributed by atoms with E-state index in [4.69, 9.17) is 4.74 Å². The third kappa shape index (κ3) is 4.21. The fourth-order valence-corrected chi connectivity index (χ4v) is 3.15. The summed E-state index contributed by atoms with van der Waals surface area (Å²) in [6, 6.07) is 8.04. The van der Waals surface area contributed by atoms with E-state index in [0.717, 1.165) is 31.7 Å². The van der Waals surface area contributed by atoms with Gasteiger partial charge < -0.3 is 9.84 Å². The summed E-state index contributed by atoms with van der Waals surface area (Å²) in [6.07, 6.45) is 4.33. The normalized spacial score (nSPS) is 18.4. The molecule has 4 nitrogen and oxygen atoms in total. The van der Waals surface area contributed by atoms with Crippen molar-refractivity contribution in [3.63, 3.8) is 0 Å². The molecule has 21 heavy (non-hydrogen) atoms. The first kappa shape index (κ1) is 15.8. The Morgan fingerprint density at radius 2 is 1.90 bits per heavy atom. The number of hydrogen-bond donors (Lipinski definition) is 1. The van der Waals surface area contributed by atoms with Crippen LogP contribution in [-0.4, -0.2) is 41.7 Å². The van der Waals surface area contributed by atoms with E-state index in [1.54, 1.807) is 7.11 Å². The molecule has 0 spiro atoms. The number of ether oxygens (including phenoxy) is 1. The number of aryl methyl sites for hydroxylation is 1. The number of methoxy groups -OCH3 is 1. The largest absolute Gasteiger partial charge is 0.497 e. The topological polar surface area (TPSA) is 49.8 Å². The SMILES string of the molecule is COc1ccc(CCC(C)(CC(=O)O)N2CCCC2)cc1. The van der Waals surface area contributed by atoms with Gasteiger partial charge in [-0.1, -0.05) is 12.1 Å². The molecular formula is C17H25NO3. The van der Waals surface area contributed by atoms with E-state index in [2.05, 4.69) is 24.0 Å². The molecule has 0 saturated carbocycles. The van der Waals surface area contributed by atoms with Gasteiger partial charge in [0.05, 0.1) is 13.5 Å². The van der Waals surface area contributed by atoms with Crippen LogP contribution in [0.1, 0.15) is 38.2 Å². The first-order valence-corrected chi connectivity index (χ1v) is 7.63. The summed E-state index contributed by atoms with van der Waals surface area (Å²) in [5, 5.41) is 9.23. The molecule has 116 valence electrons. The van der Waals surface area contributed by atoms with Gasteiger partial charge in [-0.05, 0) is 63.4 Å². The standard InChI is InChI=1S/C17H25NO3/c1-17(13-16(19)20,18-11-3-4-12-18)10-9-14-5-7-15(21-2)8-6-14/h5-8H,3-4,9-13H2,1-2H3,(H,19,20). The van der Waals surface area contributed by atoms with E-state index >= 15 is 0 Å². The Morgan fingerprint density at radius 1 is 1.29 bits per heavy atom. The molecule has 2 rings (SSSR count). The monoisotopic (exact) mass is 291 g/mol. The van der Waals surface area contributed by atoms with Crippen molar-refractivity contribution in [1.29, 1.82) is 0 Å². The van der Waals surface area contributed by atoms with E-state index in [0.29, 0.717) is 0 Å². The molecule has 4 heteroatoms. The quantitative estimate of drug-likeness (QED) is 0.839. The zero-order valence-electron chi connectivity index (χ0n) is 13.0. The molecule has 1 heterocycles. The minimum absolute atomic E-state index is 0.211. The number of aliphatic carboxylic acids is 1. The lowest BCUT2D eigenvalue weighted by molar-refractivity contribution is -0.140.